The first-order chi connectivity index (χ1) is 11.8. The minimum atomic E-state index is -3.53. The molecule has 2 aromatic carbocycles. The van der Waals surface area contributed by atoms with Crippen molar-refractivity contribution in [2.75, 3.05) is 16.9 Å². The first-order valence-corrected chi connectivity index (χ1v) is 9.34. The van der Waals surface area contributed by atoms with Gasteiger partial charge in [0.15, 0.2) is 9.84 Å². The van der Waals surface area contributed by atoms with Crippen molar-refractivity contribution in [1.29, 1.82) is 0 Å². The van der Waals surface area contributed by atoms with Crippen molar-refractivity contribution in [3.8, 4) is 0 Å². The highest BCUT2D eigenvalue weighted by Crippen LogP contribution is 2.34. The number of hydrogen-bond donors (Lipinski definition) is 2. The van der Waals surface area contributed by atoms with Gasteiger partial charge in [-0.3, -0.25) is 9.59 Å². The number of benzene rings is 2. The number of fused-ring (bicyclic) bond motifs is 1. The molecule has 0 fully saturated rings. The molecule has 0 saturated carbocycles. The van der Waals surface area contributed by atoms with E-state index in [1.165, 1.54) is 24.3 Å². The Labute approximate surface area is 144 Å². The molecule has 0 spiro atoms. The van der Waals surface area contributed by atoms with E-state index in [-0.39, 0.29) is 22.7 Å². The van der Waals surface area contributed by atoms with Gasteiger partial charge in [0, 0.05) is 18.4 Å². The summed E-state index contributed by atoms with van der Waals surface area (Å²) in [7, 11) is -3.53. The molecule has 2 aromatic rings. The van der Waals surface area contributed by atoms with Gasteiger partial charge in [0.1, 0.15) is 5.82 Å². The molecule has 2 amide bonds. The number of rotatable bonds is 3. The van der Waals surface area contributed by atoms with E-state index in [1.807, 2.05) is 0 Å². The minimum absolute atomic E-state index is 0.0112. The Morgan fingerprint density at radius 2 is 1.96 bits per heavy atom. The quantitative estimate of drug-likeness (QED) is 0.876. The van der Waals surface area contributed by atoms with Crippen molar-refractivity contribution < 1.29 is 22.4 Å². The average molecular weight is 362 g/mol. The minimum Gasteiger partial charge on any atom is -0.326 e. The number of sulfone groups is 1. The van der Waals surface area contributed by atoms with Crippen molar-refractivity contribution in [2.24, 2.45) is 0 Å². The van der Waals surface area contributed by atoms with Crippen LogP contribution in [-0.2, 0) is 19.4 Å². The molecule has 0 radical (unpaired) electrons. The molecule has 8 heteroatoms. The van der Waals surface area contributed by atoms with Gasteiger partial charge < -0.3 is 10.6 Å². The van der Waals surface area contributed by atoms with Crippen LogP contribution in [0.2, 0.25) is 0 Å². The fourth-order valence-electron chi connectivity index (χ4n) is 2.78. The standard InChI is InChI=1S/C17H15FN2O4S/c1-25(23,24)15-5-3-2-4-13(15)20-17(22)12-9-16(21)19-14-8-10(18)6-7-11(12)14/h2-8,12H,9H2,1H3,(H,19,21)(H,20,22)/t12-/m0/s1. The molecule has 2 N–H and O–H groups in total. The van der Waals surface area contributed by atoms with Gasteiger partial charge in [-0.1, -0.05) is 18.2 Å². The van der Waals surface area contributed by atoms with Gasteiger partial charge in [0.2, 0.25) is 11.8 Å². The van der Waals surface area contributed by atoms with Crippen LogP contribution in [0, 0.1) is 5.82 Å². The van der Waals surface area contributed by atoms with Crippen molar-refractivity contribution in [3.05, 3.63) is 53.8 Å². The van der Waals surface area contributed by atoms with Gasteiger partial charge in [-0.2, -0.15) is 0 Å². The summed E-state index contributed by atoms with van der Waals surface area (Å²) < 4.78 is 37.0. The first-order valence-electron chi connectivity index (χ1n) is 7.45. The Hall–Kier alpha value is -2.74. The lowest BCUT2D eigenvalue weighted by atomic mass is 9.89. The molecule has 0 aromatic heterocycles. The van der Waals surface area contributed by atoms with E-state index in [4.69, 9.17) is 0 Å². The molecular formula is C17H15FN2O4S. The molecule has 0 saturated heterocycles. The Balaban J connectivity index is 1.95. The Morgan fingerprint density at radius 1 is 1.24 bits per heavy atom. The number of carbonyl (C=O) groups excluding carboxylic acids is 2. The van der Waals surface area contributed by atoms with Crippen LogP contribution in [0.4, 0.5) is 15.8 Å². The third-order valence-corrected chi connectivity index (χ3v) is 5.07. The van der Waals surface area contributed by atoms with E-state index < -0.39 is 33.4 Å². The van der Waals surface area contributed by atoms with E-state index in [2.05, 4.69) is 10.6 Å². The smallest absolute Gasteiger partial charge is 0.232 e. The summed E-state index contributed by atoms with van der Waals surface area (Å²) in [5.41, 5.74) is 0.868. The SMILES string of the molecule is CS(=O)(=O)c1ccccc1NC(=O)[C@H]1CC(=O)Nc2cc(F)ccc21. The summed E-state index contributed by atoms with van der Waals surface area (Å²) in [4.78, 5) is 24.5. The van der Waals surface area contributed by atoms with E-state index in [0.29, 0.717) is 5.56 Å². The second-order valence-electron chi connectivity index (χ2n) is 5.79. The topological polar surface area (TPSA) is 92.3 Å². The van der Waals surface area contributed by atoms with Crippen LogP contribution in [0.15, 0.2) is 47.4 Å². The van der Waals surface area contributed by atoms with Crippen molar-refractivity contribution in [1.82, 2.24) is 0 Å². The van der Waals surface area contributed by atoms with E-state index in [1.54, 1.807) is 12.1 Å². The van der Waals surface area contributed by atoms with Crippen molar-refractivity contribution in [3.63, 3.8) is 0 Å². The number of anilines is 2. The van der Waals surface area contributed by atoms with Gasteiger partial charge in [0.25, 0.3) is 0 Å². The molecule has 1 heterocycles. The number of halogens is 1. The van der Waals surface area contributed by atoms with Gasteiger partial charge in [0.05, 0.1) is 16.5 Å². The summed E-state index contributed by atoms with van der Waals surface area (Å²) >= 11 is 0. The lowest BCUT2D eigenvalue weighted by Gasteiger charge is -2.25. The molecular weight excluding hydrogens is 347 g/mol. The van der Waals surface area contributed by atoms with Crippen molar-refractivity contribution >= 4 is 33.0 Å². The van der Waals surface area contributed by atoms with Crippen molar-refractivity contribution in [2.45, 2.75) is 17.2 Å². The maximum Gasteiger partial charge on any atom is 0.232 e. The maximum absolute atomic E-state index is 13.4. The number of nitrogens with one attached hydrogen (secondary N) is 2. The van der Waals surface area contributed by atoms with Gasteiger partial charge in [-0.15, -0.1) is 0 Å². The Bertz CT molecular complexity index is 972. The third-order valence-electron chi connectivity index (χ3n) is 3.92. The number of hydrogen-bond acceptors (Lipinski definition) is 4. The number of carbonyl (C=O) groups is 2. The molecule has 0 bridgehead atoms. The molecule has 130 valence electrons. The highest BCUT2D eigenvalue weighted by molar-refractivity contribution is 7.90. The zero-order valence-corrected chi connectivity index (χ0v) is 14.1. The van der Waals surface area contributed by atoms with Gasteiger partial charge >= 0.3 is 0 Å². The molecule has 3 rings (SSSR count). The number of para-hydroxylation sites is 1. The summed E-state index contributed by atoms with van der Waals surface area (Å²) in [6, 6.07) is 9.82. The fourth-order valence-corrected chi connectivity index (χ4v) is 3.63. The fraction of sp³-hybridized carbons (Fsp3) is 0.176. The zero-order valence-electron chi connectivity index (χ0n) is 13.2. The lowest BCUT2D eigenvalue weighted by Crippen LogP contribution is -2.31. The highest BCUT2D eigenvalue weighted by atomic mass is 32.2. The molecule has 6 nitrogen and oxygen atoms in total. The van der Waals surface area contributed by atoms with Crippen LogP contribution in [0.25, 0.3) is 0 Å². The molecule has 1 atom stereocenters. The van der Waals surface area contributed by atoms with Crippen LogP contribution < -0.4 is 10.6 Å². The van der Waals surface area contributed by atoms with Crippen LogP contribution in [0.5, 0.6) is 0 Å². The van der Waals surface area contributed by atoms with Crippen LogP contribution in [0.1, 0.15) is 17.9 Å². The summed E-state index contributed by atoms with van der Waals surface area (Å²) in [6.45, 7) is 0. The monoisotopic (exact) mass is 362 g/mol. The zero-order chi connectivity index (χ0) is 18.2. The van der Waals surface area contributed by atoms with Crippen LogP contribution in [0.3, 0.4) is 0 Å². The summed E-state index contributed by atoms with van der Waals surface area (Å²) in [6.07, 6.45) is 0.940. The van der Waals surface area contributed by atoms with E-state index >= 15 is 0 Å². The average Bonchev–Trinajstić information content (AvgIpc) is 2.53. The summed E-state index contributed by atoms with van der Waals surface area (Å²) in [5, 5.41) is 5.10. The van der Waals surface area contributed by atoms with E-state index in [9.17, 15) is 22.4 Å². The normalized spacial score (nSPS) is 16.7. The predicted molar refractivity (Wildman–Crippen MR) is 90.6 cm³/mol. The van der Waals surface area contributed by atoms with Gasteiger partial charge in [-0.05, 0) is 29.8 Å². The third kappa shape index (κ3) is 3.53. The maximum atomic E-state index is 13.4. The summed E-state index contributed by atoms with van der Waals surface area (Å²) in [5.74, 6) is -2.30. The first kappa shape index (κ1) is 17.1. The van der Waals surface area contributed by atoms with Gasteiger partial charge in [-0.25, -0.2) is 12.8 Å². The highest BCUT2D eigenvalue weighted by Gasteiger charge is 2.31. The van der Waals surface area contributed by atoms with Crippen LogP contribution in [-0.4, -0.2) is 26.5 Å². The second kappa shape index (κ2) is 6.29. The van der Waals surface area contributed by atoms with E-state index in [0.717, 1.165) is 12.3 Å². The molecule has 1 aliphatic heterocycles. The number of amides is 2. The Morgan fingerprint density at radius 3 is 2.68 bits per heavy atom. The molecule has 1 aliphatic rings. The largest absolute Gasteiger partial charge is 0.326 e. The second-order valence-corrected chi connectivity index (χ2v) is 7.78. The molecule has 25 heavy (non-hydrogen) atoms. The molecule has 0 unspecified atom stereocenters. The lowest BCUT2D eigenvalue weighted by molar-refractivity contribution is -0.123. The molecule has 0 aliphatic carbocycles. The van der Waals surface area contributed by atoms with Crippen LogP contribution >= 0.6 is 0 Å². The Kier molecular flexibility index (Phi) is 4.30. The predicted octanol–water partition coefficient (Wildman–Crippen LogP) is 2.29.